The summed E-state index contributed by atoms with van der Waals surface area (Å²) in [6.07, 6.45) is 0.169. The Morgan fingerprint density at radius 3 is 2.71 bits per heavy atom. The van der Waals surface area contributed by atoms with E-state index in [9.17, 15) is 12.8 Å². The Kier molecular flexibility index (Phi) is 4.03. The molecule has 2 aliphatic heterocycles. The van der Waals surface area contributed by atoms with Crippen molar-refractivity contribution in [1.29, 1.82) is 0 Å². The van der Waals surface area contributed by atoms with E-state index in [1.165, 1.54) is 12.1 Å². The maximum Gasteiger partial charge on any atom is 0.154 e. The molecule has 2 aliphatic rings. The van der Waals surface area contributed by atoms with Crippen LogP contribution >= 0.6 is 0 Å². The largest absolute Gasteiger partial charge is 0.487 e. The van der Waals surface area contributed by atoms with Gasteiger partial charge in [0.2, 0.25) is 0 Å². The standard InChI is InChI=1S/C14H19FN2O3S/c15-11-1-2-14(20-12-3-8-21(18,19)10-12)13(9-11)17-6-4-16-5-7-17/h1-2,9,12,16H,3-8,10H2. The van der Waals surface area contributed by atoms with Crippen molar-refractivity contribution in [3.8, 4) is 5.75 Å². The first-order valence-corrected chi connectivity index (χ1v) is 8.98. The van der Waals surface area contributed by atoms with Crippen molar-refractivity contribution in [2.45, 2.75) is 12.5 Å². The molecular formula is C14H19FN2O3S. The number of rotatable bonds is 3. The highest BCUT2D eigenvalue weighted by atomic mass is 32.2. The highest BCUT2D eigenvalue weighted by Gasteiger charge is 2.30. The second-order valence-electron chi connectivity index (χ2n) is 5.49. The first-order valence-electron chi connectivity index (χ1n) is 7.16. The van der Waals surface area contributed by atoms with Gasteiger partial charge in [-0.05, 0) is 18.6 Å². The molecule has 1 atom stereocenters. The summed E-state index contributed by atoms with van der Waals surface area (Å²) in [5, 5.41) is 3.25. The van der Waals surface area contributed by atoms with Crippen molar-refractivity contribution in [3.05, 3.63) is 24.0 Å². The summed E-state index contributed by atoms with van der Waals surface area (Å²) in [4.78, 5) is 2.07. The van der Waals surface area contributed by atoms with Crippen LogP contribution in [0.25, 0.3) is 0 Å². The summed E-state index contributed by atoms with van der Waals surface area (Å²) < 4.78 is 42.4. The van der Waals surface area contributed by atoms with Gasteiger partial charge in [-0.25, -0.2) is 12.8 Å². The van der Waals surface area contributed by atoms with Crippen molar-refractivity contribution < 1.29 is 17.5 Å². The van der Waals surface area contributed by atoms with E-state index >= 15 is 0 Å². The zero-order valence-corrected chi connectivity index (χ0v) is 12.5. The molecule has 5 nitrogen and oxygen atoms in total. The van der Waals surface area contributed by atoms with Gasteiger partial charge in [0.05, 0.1) is 17.2 Å². The fraction of sp³-hybridized carbons (Fsp3) is 0.571. The molecule has 0 saturated carbocycles. The highest BCUT2D eigenvalue weighted by molar-refractivity contribution is 7.91. The van der Waals surface area contributed by atoms with Gasteiger partial charge >= 0.3 is 0 Å². The van der Waals surface area contributed by atoms with Gasteiger partial charge in [0.15, 0.2) is 9.84 Å². The summed E-state index contributed by atoms with van der Waals surface area (Å²) in [5.74, 6) is 0.475. The third-order valence-corrected chi connectivity index (χ3v) is 5.60. The van der Waals surface area contributed by atoms with E-state index in [-0.39, 0.29) is 23.4 Å². The molecular weight excluding hydrogens is 295 g/mol. The van der Waals surface area contributed by atoms with Crippen molar-refractivity contribution >= 4 is 15.5 Å². The number of piperazine rings is 1. The van der Waals surface area contributed by atoms with Crippen molar-refractivity contribution in [3.63, 3.8) is 0 Å². The number of anilines is 1. The van der Waals surface area contributed by atoms with Crippen LogP contribution in [0.2, 0.25) is 0 Å². The van der Waals surface area contributed by atoms with Gasteiger partial charge in [0.25, 0.3) is 0 Å². The Hall–Kier alpha value is -1.34. The monoisotopic (exact) mass is 314 g/mol. The smallest absolute Gasteiger partial charge is 0.154 e. The topological polar surface area (TPSA) is 58.6 Å². The first-order chi connectivity index (χ1) is 10.0. The SMILES string of the molecule is O=S1(=O)CCC(Oc2ccc(F)cc2N2CCNCC2)C1. The summed E-state index contributed by atoms with van der Waals surface area (Å²) in [6, 6.07) is 4.41. The van der Waals surface area contributed by atoms with Gasteiger partial charge in [-0.2, -0.15) is 0 Å². The van der Waals surface area contributed by atoms with Crippen LogP contribution in [0, 0.1) is 5.82 Å². The number of halogens is 1. The fourth-order valence-electron chi connectivity index (χ4n) is 2.78. The van der Waals surface area contributed by atoms with Crippen molar-refractivity contribution in [1.82, 2.24) is 5.32 Å². The Bertz CT molecular complexity index is 615. The molecule has 2 saturated heterocycles. The molecule has 0 aromatic heterocycles. The summed E-state index contributed by atoms with van der Waals surface area (Å²) in [6.45, 7) is 3.24. The van der Waals surface area contributed by atoms with Crippen LogP contribution in [0.5, 0.6) is 5.75 Å². The lowest BCUT2D eigenvalue weighted by atomic mass is 10.2. The average Bonchev–Trinajstić information content (AvgIpc) is 2.81. The molecule has 21 heavy (non-hydrogen) atoms. The maximum atomic E-state index is 13.5. The van der Waals surface area contributed by atoms with E-state index in [1.807, 2.05) is 0 Å². The third-order valence-electron chi connectivity index (χ3n) is 3.86. The quantitative estimate of drug-likeness (QED) is 0.894. The van der Waals surface area contributed by atoms with Crippen LogP contribution < -0.4 is 15.0 Å². The lowest BCUT2D eigenvalue weighted by Crippen LogP contribution is -2.43. The summed E-state index contributed by atoms with van der Waals surface area (Å²) in [7, 11) is -2.98. The lowest BCUT2D eigenvalue weighted by Gasteiger charge is -2.31. The first kappa shape index (κ1) is 14.6. The predicted molar refractivity (Wildman–Crippen MR) is 79.2 cm³/mol. The van der Waals surface area contributed by atoms with E-state index in [4.69, 9.17) is 4.74 Å². The minimum atomic E-state index is -2.98. The predicted octanol–water partition coefficient (Wildman–Crippen LogP) is 0.801. The van der Waals surface area contributed by atoms with Gasteiger partial charge in [0.1, 0.15) is 17.7 Å². The molecule has 0 amide bonds. The molecule has 1 N–H and O–H groups in total. The number of hydrogen-bond acceptors (Lipinski definition) is 5. The van der Waals surface area contributed by atoms with E-state index < -0.39 is 9.84 Å². The fourth-order valence-corrected chi connectivity index (χ4v) is 4.37. The molecule has 1 aromatic carbocycles. The van der Waals surface area contributed by atoms with Crippen LogP contribution in [0.4, 0.5) is 10.1 Å². The zero-order valence-electron chi connectivity index (χ0n) is 11.7. The van der Waals surface area contributed by atoms with Crippen molar-refractivity contribution in [2.24, 2.45) is 0 Å². The molecule has 7 heteroatoms. The second-order valence-corrected chi connectivity index (χ2v) is 7.72. The summed E-state index contributed by atoms with van der Waals surface area (Å²) in [5.41, 5.74) is 0.709. The van der Waals surface area contributed by atoms with Gasteiger partial charge < -0.3 is 15.0 Å². The number of sulfone groups is 1. The zero-order chi connectivity index (χ0) is 14.9. The highest BCUT2D eigenvalue weighted by Crippen LogP contribution is 2.32. The van der Waals surface area contributed by atoms with E-state index in [1.54, 1.807) is 6.07 Å². The molecule has 0 radical (unpaired) electrons. The van der Waals surface area contributed by atoms with Crippen LogP contribution in [-0.2, 0) is 9.84 Å². The van der Waals surface area contributed by atoms with Gasteiger partial charge in [0, 0.05) is 32.2 Å². The number of nitrogens with zero attached hydrogens (tertiary/aromatic N) is 1. The third kappa shape index (κ3) is 3.47. The molecule has 116 valence electrons. The van der Waals surface area contributed by atoms with Crippen molar-refractivity contribution in [2.75, 3.05) is 42.6 Å². The average molecular weight is 314 g/mol. The molecule has 1 unspecified atom stereocenters. The Labute approximate surface area is 124 Å². The van der Waals surface area contributed by atoms with Crippen LogP contribution in [0.3, 0.4) is 0 Å². The molecule has 1 aromatic rings. The second kappa shape index (κ2) is 5.81. The maximum absolute atomic E-state index is 13.5. The van der Waals surface area contributed by atoms with E-state index in [0.29, 0.717) is 17.9 Å². The minimum absolute atomic E-state index is 0.0470. The van der Waals surface area contributed by atoms with E-state index in [2.05, 4.69) is 10.2 Å². The summed E-state index contributed by atoms with van der Waals surface area (Å²) >= 11 is 0. The molecule has 2 fully saturated rings. The number of nitrogens with one attached hydrogen (secondary N) is 1. The molecule has 0 aliphatic carbocycles. The molecule has 0 spiro atoms. The lowest BCUT2D eigenvalue weighted by molar-refractivity contribution is 0.229. The Balaban J connectivity index is 1.81. The minimum Gasteiger partial charge on any atom is -0.487 e. The normalized spacial score (nSPS) is 25.0. The molecule has 3 rings (SSSR count). The molecule has 2 heterocycles. The Morgan fingerprint density at radius 1 is 1.29 bits per heavy atom. The van der Waals surface area contributed by atoms with Gasteiger partial charge in [-0.3, -0.25) is 0 Å². The van der Waals surface area contributed by atoms with Gasteiger partial charge in [-0.15, -0.1) is 0 Å². The number of hydrogen-bond donors (Lipinski definition) is 1. The van der Waals surface area contributed by atoms with Crippen LogP contribution in [0.15, 0.2) is 18.2 Å². The molecule has 0 bridgehead atoms. The number of benzene rings is 1. The van der Waals surface area contributed by atoms with Gasteiger partial charge in [-0.1, -0.05) is 0 Å². The van der Waals surface area contributed by atoms with E-state index in [0.717, 1.165) is 26.2 Å². The number of ether oxygens (including phenoxy) is 1. The van der Waals surface area contributed by atoms with Crippen LogP contribution in [0.1, 0.15) is 6.42 Å². The Morgan fingerprint density at radius 2 is 2.05 bits per heavy atom. The van der Waals surface area contributed by atoms with Crippen LogP contribution in [-0.4, -0.2) is 52.2 Å².